The van der Waals surface area contributed by atoms with E-state index < -0.39 is 0 Å². The normalized spacial score (nSPS) is 17.6. The summed E-state index contributed by atoms with van der Waals surface area (Å²) in [6, 6.07) is 0.473. The monoisotopic (exact) mass is 253 g/mol. The number of nitrogens with zero attached hydrogens (tertiary/aromatic N) is 2. The maximum atomic E-state index is 4.56. The summed E-state index contributed by atoms with van der Waals surface area (Å²) in [6.07, 6.45) is 4.82. The van der Waals surface area contributed by atoms with E-state index in [0.29, 0.717) is 6.04 Å². The van der Waals surface area contributed by atoms with Crippen molar-refractivity contribution in [1.82, 2.24) is 9.55 Å². The van der Waals surface area contributed by atoms with Crippen LogP contribution < -0.4 is 5.32 Å². The predicted octanol–water partition coefficient (Wildman–Crippen LogP) is 3.33. The van der Waals surface area contributed by atoms with E-state index in [1.54, 1.807) is 0 Å². The van der Waals surface area contributed by atoms with Crippen LogP contribution in [0.4, 0.5) is 5.95 Å². The van der Waals surface area contributed by atoms with Crippen LogP contribution >= 0.6 is 11.8 Å². The first kappa shape index (κ1) is 12.8. The number of anilines is 1. The fourth-order valence-electron chi connectivity index (χ4n) is 2.23. The Morgan fingerprint density at radius 2 is 2.18 bits per heavy atom. The second-order valence-corrected chi connectivity index (χ2v) is 6.37. The minimum absolute atomic E-state index is 0.473. The Bertz CT molecular complexity index is 354. The molecule has 0 spiro atoms. The van der Waals surface area contributed by atoms with Gasteiger partial charge in [0.15, 0.2) is 0 Å². The second kappa shape index (κ2) is 5.80. The molecule has 0 bridgehead atoms. The van der Waals surface area contributed by atoms with Crippen molar-refractivity contribution in [1.29, 1.82) is 0 Å². The topological polar surface area (TPSA) is 29.9 Å². The molecule has 2 heterocycles. The Kier molecular flexibility index (Phi) is 4.37. The summed E-state index contributed by atoms with van der Waals surface area (Å²) in [4.78, 5) is 4.56. The largest absolute Gasteiger partial charge is 0.355 e. The Morgan fingerprint density at radius 3 is 2.82 bits per heavy atom. The molecule has 2 rings (SSSR count). The van der Waals surface area contributed by atoms with Crippen LogP contribution in [0.1, 0.15) is 38.4 Å². The van der Waals surface area contributed by atoms with Crippen molar-refractivity contribution in [2.75, 3.05) is 23.4 Å². The van der Waals surface area contributed by atoms with Crippen LogP contribution in [0.25, 0.3) is 0 Å². The fraction of sp³-hybridized carbons (Fsp3) is 0.769. The summed E-state index contributed by atoms with van der Waals surface area (Å²) >= 11 is 2.08. The smallest absolute Gasteiger partial charge is 0.203 e. The van der Waals surface area contributed by atoms with E-state index in [9.17, 15) is 0 Å². The van der Waals surface area contributed by atoms with Gasteiger partial charge in [0.25, 0.3) is 0 Å². The zero-order valence-corrected chi connectivity index (χ0v) is 11.9. The van der Waals surface area contributed by atoms with Crippen LogP contribution in [0.15, 0.2) is 6.20 Å². The number of hydrogen-bond acceptors (Lipinski definition) is 3. The highest BCUT2D eigenvalue weighted by molar-refractivity contribution is 7.99. The van der Waals surface area contributed by atoms with Crippen molar-refractivity contribution in [2.45, 2.75) is 39.7 Å². The maximum Gasteiger partial charge on any atom is 0.203 e. The number of hydrogen-bond donors (Lipinski definition) is 1. The molecule has 0 amide bonds. The third-order valence-electron chi connectivity index (χ3n) is 3.30. The zero-order valence-electron chi connectivity index (χ0n) is 11.1. The molecule has 1 aliphatic rings. The Hall–Kier alpha value is -0.640. The average molecular weight is 253 g/mol. The van der Waals surface area contributed by atoms with E-state index in [0.717, 1.165) is 24.1 Å². The molecule has 1 fully saturated rings. The van der Waals surface area contributed by atoms with Gasteiger partial charge in [0.1, 0.15) is 0 Å². The van der Waals surface area contributed by atoms with Crippen LogP contribution in [0, 0.1) is 12.8 Å². The van der Waals surface area contributed by atoms with Gasteiger partial charge in [0.05, 0.1) is 5.69 Å². The summed E-state index contributed by atoms with van der Waals surface area (Å²) in [5.74, 6) is 4.51. The molecule has 0 radical (unpaired) electrons. The molecule has 0 unspecified atom stereocenters. The second-order valence-electron chi connectivity index (χ2n) is 5.14. The van der Waals surface area contributed by atoms with Gasteiger partial charge >= 0.3 is 0 Å². The highest BCUT2D eigenvalue weighted by atomic mass is 32.2. The lowest BCUT2D eigenvalue weighted by atomic mass is 10.0. The molecular formula is C13H23N3S. The van der Waals surface area contributed by atoms with Gasteiger partial charge in [0, 0.05) is 18.8 Å². The predicted molar refractivity (Wildman–Crippen MR) is 75.9 cm³/mol. The van der Waals surface area contributed by atoms with E-state index in [1.165, 1.54) is 24.3 Å². The first-order valence-electron chi connectivity index (χ1n) is 6.54. The van der Waals surface area contributed by atoms with Crippen molar-refractivity contribution in [2.24, 2.45) is 5.92 Å². The molecule has 1 saturated heterocycles. The van der Waals surface area contributed by atoms with Crippen molar-refractivity contribution >= 4 is 17.7 Å². The summed E-state index contributed by atoms with van der Waals surface area (Å²) < 4.78 is 2.23. The Labute approximate surface area is 108 Å². The average Bonchev–Trinajstić information content (AvgIpc) is 2.69. The molecule has 17 heavy (non-hydrogen) atoms. The van der Waals surface area contributed by atoms with E-state index in [2.05, 4.69) is 53.6 Å². The first-order valence-corrected chi connectivity index (χ1v) is 7.69. The van der Waals surface area contributed by atoms with Gasteiger partial charge in [-0.05, 0) is 51.0 Å². The van der Waals surface area contributed by atoms with Gasteiger partial charge in [-0.1, -0.05) is 0 Å². The SMILES string of the molecule is Cc1cn(C(C)C)c(NCC2CCSCC2)n1. The van der Waals surface area contributed by atoms with E-state index >= 15 is 0 Å². The van der Waals surface area contributed by atoms with E-state index in [-0.39, 0.29) is 0 Å². The minimum Gasteiger partial charge on any atom is -0.355 e. The molecule has 1 aromatic rings. The van der Waals surface area contributed by atoms with Crippen molar-refractivity contribution < 1.29 is 0 Å². The highest BCUT2D eigenvalue weighted by Gasteiger charge is 2.15. The molecule has 3 nitrogen and oxygen atoms in total. The lowest BCUT2D eigenvalue weighted by Gasteiger charge is -2.22. The minimum atomic E-state index is 0.473. The Balaban J connectivity index is 1.93. The Morgan fingerprint density at radius 1 is 1.47 bits per heavy atom. The lowest BCUT2D eigenvalue weighted by Crippen LogP contribution is -2.21. The fourth-order valence-corrected chi connectivity index (χ4v) is 3.43. The highest BCUT2D eigenvalue weighted by Crippen LogP contribution is 2.23. The molecule has 0 atom stereocenters. The first-order chi connectivity index (χ1) is 8.16. The van der Waals surface area contributed by atoms with E-state index in [4.69, 9.17) is 0 Å². The van der Waals surface area contributed by atoms with E-state index in [1.807, 2.05) is 0 Å². The van der Waals surface area contributed by atoms with Crippen LogP contribution in [0.5, 0.6) is 0 Å². The molecular weight excluding hydrogens is 230 g/mol. The number of imidazole rings is 1. The third-order valence-corrected chi connectivity index (χ3v) is 4.35. The molecule has 0 aliphatic carbocycles. The van der Waals surface area contributed by atoms with Gasteiger partial charge in [0.2, 0.25) is 5.95 Å². The molecule has 0 saturated carbocycles. The van der Waals surface area contributed by atoms with Crippen molar-refractivity contribution in [3.05, 3.63) is 11.9 Å². The third kappa shape index (κ3) is 3.41. The van der Waals surface area contributed by atoms with Crippen LogP contribution in [-0.4, -0.2) is 27.6 Å². The van der Waals surface area contributed by atoms with Gasteiger partial charge in [-0.25, -0.2) is 4.98 Å². The van der Waals surface area contributed by atoms with Crippen molar-refractivity contribution in [3.63, 3.8) is 0 Å². The summed E-state index contributed by atoms with van der Waals surface area (Å²) in [5.41, 5.74) is 1.10. The molecule has 4 heteroatoms. The molecule has 1 aliphatic heterocycles. The number of thioether (sulfide) groups is 1. The molecule has 1 aromatic heterocycles. The number of aryl methyl sites for hydroxylation is 1. The summed E-state index contributed by atoms with van der Waals surface area (Å²) in [7, 11) is 0. The van der Waals surface area contributed by atoms with Crippen molar-refractivity contribution in [3.8, 4) is 0 Å². The lowest BCUT2D eigenvalue weighted by molar-refractivity contribution is 0.510. The van der Waals surface area contributed by atoms with Gasteiger partial charge < -0.3 is 9.88 Å². The standard InChI is InChI=1S/C13H23N3S/c1-10(2)16-9-11(3)15-13(16)14-8-12-4-6-17-7-5-12/h9-10,12H,4-8H2,1-3H3,(H,14,15). The van der Waals surface area contributed by atoms with Gasteiger partial charge in [-0.3, -0.25) is 0 Å². The zero-order chi connectivity index (χ0) is 12.3. The number of nitrogens with one attached hydrogen (secondary N) is 1. The summed E-state index contributed by atoms with van der Waals surface area (Å²) in [5, 5.41) is 3.53. The quantitative estimate of drug-likeness (QED) is 0.892. The van der Waals surface area contributed by atoms with Gasteiger partial charge in [-0.15, -0.1) is 0 Å². The van der Waals surface area contributed by atoms with Crippen LogP contribution in [0.2, 0.25) is 0 Å². The maximum absolute atomic E-state index is 4.56. The van der Waals surface area contributed by atoms with Crippen LogP contribution in [0.3, 0.4) is 0 Å². The molecule has 0 aromatic carbocycles. The van der Waals surface area contributed by atoms with Gasteiger partial charge in [-0.2, -0.15) is 11.8 Å². The molecule has 96 valence electrons. The molecule has 1 N–H and O–H groups in total. The number of aromatic nitrogens is 2. The number of rotatable bonds is 4. The van der Waals surface area contributed by atoms with Crippen LogP contribution in [-0.2, 0) is 0 Å². The summed E-state index contributed by atoms with van der Waals surface area (Å²) in [6.45, 7) is 7.53.